The van der Waals surface area contributed by atoms with Crippen LogP contribution in [0, 0.1) is 0 Å². The van der Waals surface area contributed by atoms with E-state index in [2.05, 4.69) is 4.18 Å². The van der Waals surface area contributed by atoms with E-state index in [4.69, 9.17) is 0 Å². The number of carbonyl (C=O) groups excluding carboxylic acids is 2. The van der Waals surface area contributed by atoms with E-state index in [1.165, 1.54) is 18.2 Å². The van der Waals surface area contributed by atoms with Gasteiger partial charge < -0.3 is 10.2 Å². The van der Waals surface area contributed by atoms with Crippen molar-refractivity contribution in [3.8, 4) is 5.75 Å². The summed E-state index contributed by atoms with van der Waals surface area (Å²) in [5, 5.41) is 0. The van der Waals surface area contributed by atoms with Gasteiger partial charge in [-0.3, -0.25) is 9.59 Å². The average molecular weight is 295 g/mol. The van der Waals surface area contributed by atoms with Gasteiger partial charge in [-0.05, 0) is 18.2 Å². The Morgan fingerprint density at radius 3 is 2.00 bits per heavy atom. The summed E-state index contributed by atoms with van der Waals surface area (Å²) >= 11 is -2.73. The zero-order valence-corrected chi connectivity index (χ0v) is 11.8. The smallest absolute Gasteiger partial charge is 1.00 e. The minimum atomic E-state index is -2.73. The molecule has 7 heteroatoms. The van der Waals surface area contributed by atoms with Crippen LogP contribution >= 0.6 is 0 Å². The third-order valence-corrected chi connectivity index (χ3v) is 3.39. The van der Waals surface area contributed by atoms with Gasteiger partial charge in [0.2, 0.25) is 0 Å². The van der Waals surface area contributed by atoms with Gasteiger partial charge in [0, 0.05) is 22.3 Å². The topological polar surface area (TPSA) is 83.5 Å². The maximum atomic E-state index is 12.3. The monoisotopic (exact) mass is 295 g/mol. The Hall–Kier alpha value is -1.71. The number of rotatable bonds is 2. The fraction of sp³-hybridized carbons (Fsp3) is 0. The largest absolute Gasteiger partial charge is 1.00 e. The molecule has 0 aliphatic heterocycles. The Balaban J connectivity index is 0.00000121. The molecule has 102 valence electrons. The molecule has 1 atom stereocenters. The van der Waals surface area contributed by atoms with Crippen molar-refractivity contribution in [3.63, 3.8) is 0 Å². The van der Waals surface area contributed by atoms with E-state index in [-0.39, 0.29) is 48.7 Å². The number of fused-ring (bicyclic) bond motifs is 2. The summed E-state index contributed by atoms with van der Waals surface area (Å²) in [5.41, 5.74) is 1.06. The number of hydrogen-bond donors (Lipinski definition) is 0. The van der Waals surface area contributed by atoms with Crippen LogP contribution in [0.1, 0.15) is 33.3 Å². The van der Waals surface area contributed by atoms with Crippen LogP contribution in [-0.4, -0.2) is 20.3 Å². The molecule has 0 aromatic heterocycles. The fourth-order valence-corrected chi connectivity index (χ4v) is 2.47. The van der Waals surface area contributed by atoms with Crippen LogP contribution in [0.5, 0.6) is 5.75 Å². The maximum Gasteiger partial charge on any atom is 1.00 e. The number of benzene rings is 2. The van der Waals surface area contributed by atoms with Crippen molar-refractivity contribution < 1.29 is 42.8 Å². The summed E-state index contributed by atoms with van der Waals surface area (Å²) in [7, 11) is 0. The van der Waals surface area contributed by atoms with Gasteiger partial charge in [0.1, 0.15) is 17.1 Å². The summed E-state index contributed by atoms with van der Waals surface area (Å²) < 4.78 is 25.5. The van der Waals surface area contributed by atoms with E-state index in [9.17, 15) is 18.4 Å². The first-order valence-corrected chi connectivity index (χ1v) is 6.68. The van der Waals surface area contributed by atoms with Crippen LogP contribution in [0.25, 0.3) is 0 Å². The SMILES string of the molecule is O=C1c2ccccc2C(=O)c2cc(OS(=O)[O-])ccc21.[H-].[Li+]. The fourth-order valence-electron chi connectivity index (χ4n) is 2.21. The molecule has 2 aromatic carbocycles. The molecule has 1 unspecified atom stereocenters. The van der Waals surface area contributed by atoms with Gasteiger partial charge in [-0.1, -0.05) is 24.3 Å². The van der Waals surface area contributed by atoms with Gasteiger partial charge in [-0.2, -0.15) is 0 Å². The summed E-state index contributed by atoms with van der Waals surface area (Å²) in [5.74, 6) is -0.583. The molecule has 0 heterocycles. The molecule has 0 amide bonds. The molecule has 0 spiro atoms. The third kappa shape index (κ3) is 2.71. The second-order valence-electron chi connectivity index (χ2n) is 4.20. The van der Waals surface area contributed by atoms with Gasteiger partial charge in [-0.25, -0.2) is 4.21 Å². The Morgan fingerprint density at radius 1 is 0.905 bits per heavy atom. The maximum absolute atomic E-state index is 12.3. The van der Waals surface area contributed by atoms with Crippen LogP contribution in [-0.2, 0) is 11.4 Å². The second kappa shape index (κ2) is 5.96. The molecule has 3 rings (SSSR count). The van der Waals surface area contributed by atoms with Crippen LogP contribution in [0.15, 0.2) is 42.5 Å². The van der Waals surface area contributed by atoms with Crippen molar-refractivity contribution in [3.05, 3.63) is 64.7 Å². The summed E-state index contributed by atoms with van der Waals surface area (Å²) in [6, 6.07) is 10.5. The molecule has 2 aromatic rings. The van der Waals surface area contributed by atoms with E-state index < -0.39 is 11.4 Å². The van der Waals surface area contributed by atoms with E-state index in [1.54, 1.807) is 24.3 Å². The molecule has 0 fully saturated rings. The number of carbonyl (C=O) groups is 2. The molecular weight excluding hydrogens is 287 g/mol. The van der Waals surface area contributed by atoms with E-state index in [0.717, 1.165) is 0 Å². The zero-order chi connectivity index (χ0) is 14.3. The summed E-state index contributed by atoms with van der Waals surface area (Å²) in [6.45, 7) is 0. The van der Waals surface area contributed by atoms with Gasteiger partial charge >= 0.3 is 18.9 Å². The molecule has 0 saturated carbocycles. The normalized spacial score (nSPS) is 13.8. The van der Waals surface area contributed by atoms with E-state index in [0.29, 0.717) is 11.1 Å². The first-order valence-electron chi connectivity index (χ1n) is 5.68. The number of hydrogen-bond acceptors (Lipinski definition) is 5. The molecule has 1 aliphatic rings. The van der Waals surface area contributed by atoms with Crippen LogP contribution in [0.3, 0.4) is 0 Å². The van der Waals surface area contributed by atoms with Gasteiger partial charge in [0.05, 0.1) is 0 Å². The molecule has 1 aliphatic carbocycles. The summed E-state index contributed by atoms with van der Waals surface area (Å²) in [4.78, 5) is 24.6. The standard InChI is InChI=1S/C14H8O5S.Li.H/c15-13-9-3-1-2-4-10(9)14(16)12-7-8(19-20(17)18)5-6-11(12)13;;/h1-7H,(H,17,18);;/q;+1;-1/p-1. The third-order valence-electron chi connectivity index (χ3n) is 3.06. The molecule has 21 heavy (non-hydrogen) atoms. The number of ketones is 2. The minimum absolute atomic E-state index is 0. The van der Waals surface area contributed by atoms with Gasteiger partial charge in [0.15, 0.2) is 11.6 Å². The molecule has 0 N–H and O–H groups in total. The van der Waals surface area contributed by atoms with Crippen LogP contribution < -0.4 is 23.0 Å². The molecule has 0 saturated heterocycles. The van der Waals surface area contributed by atoms with Crippen LogP contribution in [0.4, 0.5) is 0 Å². The second-order valence-corrected chi connectivity index (χ2v) is 4.77. The minimum Gasteiger partial charge on any atom is -1.00 e. The van der Waals surface area contributed by atoms with Crippen molar-refractivity contribution in [2.45, 2.75) is 0 Å². The van der Waals surface area contributed by atoms with Crippen molar-refractivity contribution in [2.24, 2.45) is 0 Å². The summed E-state index contributed by atoms with van der Waals surface area (Å²) in [6.07, 6.45) is 0. The van der Waals surface area contributed by atoms with Crippen molar-refractivity contribution in [2.75, 3.05) is 0 Å². The molecule has 0 radical (unpaired) electrons. The Morgan fingerprint density at radius 2 is 1.43 bits per heavy atom. The first-order chi connectivity index (χ1) is 9.58. The van der Waals surface area contributed by atoms with Crippen molar-refractivity contribution in [1.29, 1.82) is 0 Å². The zero-order valence-electron chi connectivity index (χ0n) is 12.0. The molecular formula is C14H8LiO5S-. The molecule has 5 nitrogen and oxygen atoms in total. The predicted octanol–water partition coefficient (Wildman–Crippen LogP) is -1.25. The predicted molar refractivity (Wildman–Crippen MR) is 70.4 cm³/mol. The van der Waals surface area contributed by atoms with E-state index >= 15 is 0 Å². The van der Waals surface area contributed by atoms with Gasteiger partial charge in [0.25, 0.3) is 0 Å². The average Bonchev–Trinajstić information content (AvgIpc) is 2.44. The Kier molecular flexibility index (Phi) is 4.45. The van der Waals surface area contributed by atoms with Crippen molar-refractivity contribution in [1.82, 2.24) is 0 Å². The molecule has 0 bridgehead atoms. The Bertz CT molecular complexity index is 778. The van der Waals surface area contributed by atoms with Crippen molar-refractivity contribution >= 4 is 22.9 Å². The first kappa shape index (κ1) is 15.7. The van der Waals surface area contributed by atoms with E-state index in [1.807, 2.05) is 0 Å². The Labute approximate surface area is 136 Å². The van der Waals surface area contributed by atoms with Gasteiger partial charge in [-0.15, -0.1) is 0 Å². The quantitative estimate of drug-likeness (QED) is 0.436. The van der Waals surface area contributed by atoms with Crippen LogP contribution in [0.2, 0.25) is 0 Å².